The van der Waals surface area contributed by atoms with Gasteiger partial charge in [-0.3, -0.25) is 4.68 Å². The third-order valence-electron chi connectivity index (χ3n) is 2.69. The van der Waals surface area contributed by atoms with Crippen LogP contribution < -0.4 is 0 Å². The quantitative estimate of drug-likeness (QED) is 0.895. The van der Waals surface area contributed by atoms with Gasteiger partial charge in [0.25, 0.3) is 0 Å². The molecule has 0 aliphatic heterocycles. The molecule has 0 bridgehead atoms. The third kappa shape index (κ3) is 2.06. The second kappa shape index (κ2) is 4.47. The molecule has 0 unspecified atom stereocenters. The topological polar surface area (TPSA) is 38.0 Å². The van der Waals surface area contributed by atoms with E-state index < -0.39 is 0 Å². The molecule has 0 saturated carbocycles. The van der Waals surface area contributed by atoms with Gasteiger partial charge in [-0.25, -0.2) is 4.39 Å². The van der Waals surface area contributed by atoms with E-state index in [-0.39, 0.29) is 12.4 Å². The Morgan fingerprint density at radius 3 is 2.76 bits per heavy atom. The smallest absolute Gasteiger partial charge is 0.124 e. The summed E-state index contributed by atoms with van der Waals surface area (Å²) in [4.78, 5) is 0. The van der Waals surface area contributed by atoms with Gasteiger partial charge in [0.2, 0.25) is 0 Å². The van der Waals surface area contributed by atoms with Crippen molar-refractivity contribution in [1.29, 1.82) is 0 Å². The van der Waals surface area contributed by atoms with Crippen LogP contribution in [-0.2, 0) is 13.7 Å². The molecule has 3 nitrogen and oxygen atoms in total. The molecule has 1 aromatic carbocycles. The minimum atomic E-state index is -0.383. The minimum absolute atomic E-state index is 0.139. The highest BCUT2D eigenvalue weighted by Gasteiger charge is 2.16. The Balaban J connectivity index is 2.67. The Bertz CT molecular complexity index is 566. The van der Waals surface area contributed by atoms with E-state index in [1.165, 1.54) is 12.1 Å². The highest BCUT2D eigenvalue weighted by atomic mass is 35.5. The average Bonchev–Trinajstić information content (AvgIpc) is 2.53. The van der Waals surface area contributed by atoms with Crippen LogP contribution in [0.25, 0.3) is 11.1 Å². The summed E-state index contributed by atoms with van der Waals surface area (Å²) in [6.45, 7) is 1.69. The van der Waals surface area contributed by atoms with E-state index in [1.54, 1.807) is 17.8 Å². The molecule has 17 heavy (non-hydrogen) atoms. The van der Waals surface area contributed by atoms with Crippen LogP contribution in [0, 0.1) is 12.7 Å². The molecule has 1 N–H and O–H groups in total. The zero-order valence-corrected chi connectivity index (χ0v) is 10.3. The molecule has 5 heteroatoms. The van der Waals surface area contributed by atoms with Gasteiger partial charge < -0.3 is 5.11 Å². The Morgan fingerprint density at radius 2 is 2.18 bits per heavy atom. The molecular weight excluding hydrogens is 243 g/mol. The van der Waals surface area contributed by atoms with Crippen LogP contribution in [0.1, 0.15) is 11.4 Å². The van der Waals surface area contributed by atoms with Crippen LogP contribution in [-0.4, -0.2) is 14.9 Å². The number of hydrogen-bond donors (Lipinski definition) is 1. The van der Waals surface area contributed by atoms with Crippen molar-refractivity contribution >= 4 is 11.6 Å². The van der Waals surface area contributed by atoms with Crippen molar-refractivity contribution < 1.29 is 9.50 Å². The number of hydrogen-bond acceptors (Lipinski definition) is 2. The van der Waals surface area contributed by atoms with E-state index >= 15 is 0 Å². The van der Waals surface area contributed by atoms with Gasteiger partial charge in [-0.05, 0) is 25.1 Å². The lowest BCUT2D eigenvalue weighted by atomic mass is 10.0. The molecule has 0 aliphatic carbocycles. The van der Waals surface area contributed by atoms with E-state index in [9.17, 15) is 9.50 Å². The summed E-state index contributed by atoms with van der Waals surface area (Å²) in [6, 6.07) is 4.19. The second-order valence-electron chi connectivity index (χ2n) is 3.81. The van der Waals surface area contributed by atoms with Crippen LogP contribution >= 0.6 is 11.6 Å². The molecule has 90 valence electrons. The predicted octanol–water partition coefficient (Wildman–Crippen LogP) is 2.68. The summed E-state index contributed by atoms with van der Waals surface area (Å²) in [7, 11) is 1.75. The molecule has 0 atom stereocenters. The summed E-state index contributed by atoms with van der Waals surface area (Å²) in [5, 5.41) is 13.9. The van der Waals surface area contributed by atoms with Gasteiger partial charge in [-0.2, -0.15) is 5.10 Å². The maximum absolute atomic E-state index is 13.0. The average molecular weight is 255 g/mol. The van der Waals surface area contributed by atoms with Gasteiger partial charge in [-0.15, -0.1) is 0 Å². The molecular formula is C12H12ClFN2O. The largest absolute Gasteiger partial charge is 0.390 e. The number of aromatic nitrogens is 2. The van der Waals surface area contributed by atoms with E-state index in [2.05, 4.69) is 5.10 Å². The molecule has 1 heterocycles. The SMILES string of the molecule is Cc1nn(C)c(CO)c1-c1ccc(F)cc1Cl. The number of halogens is 2. The van der Waals surface area contributed by atoms with Crippen molar-refractivity contribution in [1.82, 2.24) is 9.78 Å². The van der Waals surface area contributed by atoms with Crippen LogP contribution in [0.15, 0.2) is 18.2 Å². The number of nitrogens with zero attached hydrogens (tertiary/aromatic N) is 2. The molecule has 0 fully saturated rings. The first kappa shape index (κ1) is 12.1. The molecule has 0 aliphatic rings. The van der Waals surface area contributed by atoms with E-state index in [0.717, 1.165) is 11.3 Å². The lowest BCUT2D eigenvalue weighted by molar-refractivity contribution is 0.271. The predicted molar refractivity (Wildman–Crippen MR) is 64.3 cm³/mol. The van der Waals surface area contributed by atoms with Gasteiger partial charge in [0, 0.05) is 18.2 Å². The molecule has 1 aromatic heterocycles. The van der Waals surface area contributed by atoms with Crippen LogP contribution in [0.4, 0.5) is 4.39 Å². The molecule has 2 rings (SSSR count). The number of rotatable bonds is 2. The number of aliphatic hydroxyl groups excluding tert-OH is 1. The summed E-state index contributed by atoms with van der Waals surface area (Å²) >= 11 is 6.02. The van der Waals surface area contributed by atoms with E-state index in [0.29, 0.717) is 16.3 Å². The Morgan fingerprint density at radius 1 is 1.47 bits per heavy atom. The van der Waals surface area contributed by atoms with Crippen LogP contribution in [0.2, 0.25) is 5.02 Å². The first-order chi connectivity index (χ1) is 8.04. The van der Waals surface area contributed by atoms with Crippen molar-refractivity contribution in [2.45, 2.75) is 13.5 Å². The van der Waals surface area contributed by atoms with Crippen LogP contribution in [0.5, 0.6) is 0 Å². The van der Waals surface area contributed by atoms with Crippen molar-refractivity contribution in [3.05, 3.63) is 40.4 Å². The van der Waals surface area contributed by atoms with Gasteiger partial charge in [0.1, 0.15) is 5.82 Å². The lowest BCUT2D eigenvalue weighted by Crippen LogP contribution is -1.98. The summed E-state index contributed by atoms with van der Waals surface area (Å²) in [6.07, 6.45) is 0. The zero-order chi connectivity index (χ0) is 12.6. The monoisotopic (exact) mass is 254 g/mol. The number of aliphatic hydroxyl groups is 1. The van der Waals surface area contributed by atoms with Gasteiger partial charge in [-0.1, -0.05) is 11.6 Å². The Hall–Kier alpha value is -1.39. The van der Waals surface area contributed by atoms with Gasteiger partial charge in [0.15, 0.2) is 0 Å². The summed E-state index contributed by atoms with van der Waals surface area (Å²) < 4.78 is 14.6. The van der Waals surface area contributed by atoms with Crippen molar-refractivity contribution in [3.63, 3.8) is 0 Å². The number of benzene rings is 1. The highest BCUT2D eigenvalue weighted by molar-refractivity contribution is 6.33. The van der Waals surface area contributed by atoms with Crippen molar-refractivity contribution in [2.75, 3.05) is 0 Å². The minimum Gasteiger partial charge on any atom is -0.390 e. The van der Waals surface area contributed by atoms with Crippen molar-refractivity contribution in [2.24, 2.45) is 7.05 Å². The first-order valence-corrected chi connectivity index (χ1v) is 5.51. The third-order valence-corrected chi connectivity index (χ3v) is 3.00. The standard InChI is InChI=1S/C12H12ClFN2O/c1-7-12(11(6-17)16(2)15-7)9-4-3-8(14)5-10(9)13/h3-5,17H,6H2,1-2H3. The summed E-state index contributed by atoms with van der Waals surface area (Å²) in [5.74, 6) is -0.383. The molecule has 0 spiro atoms. The molecule has 0 amide bonds. The van der Waals surface area contributed by atoms with E-state index in [1.807, 2.05) is 6.92 Å². The Labute approximate surface area is 103 Å². The Kier molecular flexibility index (Phi) is 3.17. The van der Waals surface area contributed by atoms with Gasteiger partial charge in [0.05, 0.1) is 23.0 Å². The highest BCUT2D eigenvalue weighted by Crippen LogP contribution is 2.33. The fourth-order valence-electron chi connectivity index (χ4n) is 1.93. The second-order valence-corrected chi connectivity index (χ2v) is 4.22. The summed E-state index contributed by atoms with van der Waals surface area (Å²) in [5.41, 5.74) is 2.86. The van der Waals surface area contributed by atoms with E-state index in [4.69, 9.17) is 11.6 Å². The maximum Gasteiger partial charge on any atom is 0.124 e. The fourth-order valence-corrected chi connectivity index (χ4v) is 2.19. The molecule has 2 aromatic rings. The first-order valence-electron chi connectivity index (χ1n) is 5.13. The zero-order valence-electron chi connectivity index (χ0n) is 9.54. The molecule has 0 saturated heterocycles. The van der Waals surface area contributed by atoms with Crippen LogP contribution in [0.3, 0.4) is 0 Å². The molecule has 0 radical (unpaired) electrons. The lowest BCUT2D eigenvalue weighted by Gasteiger charge is -2.06. The van der Waals surface area contributed by atoms with Crippen molar-refractivity contribution in [3.8, 4) is 11.1 Å². The normalized spacial score (nSPS) is 10.9. The fraction of sp³-hybridized carbons (Fsp3) is 0.250. The number of aryl methyl sites for hydroxylation is 2. The maximum atomic E-state index is 13.0. The van der Waals surface area contributed by atoms with Gasteiger partial charge >= 0.3 is 0 Å².